The number of piperazine rings is 1. The minimum atomic E-state index is -0.655. The topological polar surface area (TPSA) is 162 Å². The molecular formula is C50H70N9O6P. The molecule has 0 spiro atoms. The van der Waals surface area contributed by atoms with Crippen LogP contribution < -0.4 is 30.3 Å². The monoisotopic (exact) mass is 924 g/mol. The molecule has 0 bridgehead atoms. The summed E-state index contributed by atoms with van der Waals surface area (Å²) in [5.74, 6) is 2.50. The molecule has 1 aromatic heterocycles. The molecule has 3 N–H and O–H groups in total. The molecule has 2 aromatic carbocycles. The number of carbonyl (C=O) groups is 4. The summed E-state index contributed by atoms with van der Waals surface area (Å²) in [5.41, 5.74) is 5.47. The van der Waals surface area contributed by atoms with Gasteiger partial charge in [-0.05, 0) is 94.5 Å². The molecule has 4 aliphatic rings. The molecule has 3 unspecified atom stereocenters. The highest BCUT2D eigenvalue weighted by Crippen LogP contribution is 2.42. The first kappa shape index (κ1) is 48.8. The minimum absolute atomic E-state index is 0.155. The van der Waals surface area contributed by atoms with Crippen molar-refractivity contribution in [3.8, 4) is 11.5 Å². The third-order valence-corrected chi connectivity index (χ3v) is 15.6. The molecule has 1 aliphatic carbocycles. The van der Waals surface area contributed by atoms with Crippen LogP contribution in [0.3, 0.4) is 0 Å². The van der Waals surface area contributed by atoms with Crippen LogP contribution in [0.25, 0.3) is 0 Å². The number of aromatic nitrogens is 2. The molecule has 2 fully saturated rings. The van der Waals surface area contributed by atoms with Crippen LogP contribution >= 0.6 is 7.92 Å². The molecule has 356 valence electrons. The Bertz CT molecular complexity index is 2190. The van der Waals surface area contributed by atoms with Gasteiger partial charge < -0.3 is 44.9 Å². The fraction of sp³-hybridized carbons (Fsp3) is 0.560. The lowest BCUT2D eigenvalue weighted by atomic mass is 9.93. The largest absolute Gasteiger partial charge is 0.494 e. The number of carbonyl (C=O) groups excluding carboxylic acids is 4. The lowest BCUT2D eigenvalue weighted by Gasteiger charge is -2.43. The predicted octanol–water partition coefficient (Wildman–Crippen LogP) is 6.59. The average Bonchev–Trinajstić information content (AvgIpc) is 3.67. The zero-order valence-electron chi connectivity index (χ0n) is 39.8. The summed E-state index contributed by atoms with van der Waals surface area (Å²) >= 11 is 0. The Morgan fingerprint density at radius 1 is 1.03 bits per heavy atom. The van der Waals surface area contributed by atoms with Crippen LogP contribution in [0.4, 0.5) is 23.1 Å². The minimum Gasteiger partial charge on any atom is -0.494 e. The fourth-order valence-electron chi connectivity index (χ4n) is 10.0. The van der Waals surface area contributed by atoms with Crippen molar-refractivity contribution >= 4 is 55.4 Å². The first-order chi connectivity index (χ1) is 32.0. The van der Waals surface area contributed by atoms with E-state index in [1.54, 1.807) is 31.3 Å². The van der Waals surface area contributed by atoms with Crippen LogP contribution in [-0.2, 0) is 22.6 Å². The van der Waals surface area contributed by atoms with E-state index >= 15 is 0 Å². The molecule has 4 atom stereocenters. The molecule has 0 radical (unpaired) electrons. The van der Waals surface area contributed by atoms with E-state index in [9.17, 15) is 19.2 Å². The number of aldehydes is 2. The van der Waals surface area contributed by atoms with E-state index in [0.717, 1.165) is 114 Å². The number of fused-ring (bicyclic) bond motifs is 1. The Hall–Kier alpha value is -5.11. The van der Waals surface area contributed by atoms with Gasteiger partial charge in [0, 0.05) is 99.6 Å². The van der Waals surface area contributed by atoms with Crippen molar-refractivity contribution in [1.29, 1.82) is 0 Å². The number of hydrogen-bond acceptors (Lipinski definition) is 13. The normalized spacial score (nSPS) is 20.8. The summed E-state index contributed by atoms with van der Waals surface area (Å²) in [6.07, 6.45) is 14.3. The van der Waals surface area contributed by atoms with Gasteiger partial charge in [-0.3, -0.25) is 19.3 Å². The standard InChI is InChI=1S/C50H70N9O6P/c1-7-35-28-41(54-50-52-30-36(32-60)48(55-50)53-42-27-34(2)13-15-46(42)66(5)6)45(64-4)29-43(35)58-20-17-37(18-21-58)57-24-22-56(23-25-57)19-8-9-26-65-44-12-10-11-39-40(44)31-59(49(39)63)38(33-61)14-16-47(62)51-3/h10-13,15,28-30,32-34,37-38,42,46H,7-9,14,16-27,31H2,1-6H3,(H,51,62)(H2,52,53,54,55)/t34-,38?,42?,46?/m0/s1. The van der Waals surface area contributed by atoms with E-state index in [-0.39, 0.29) is 38.6 Å². The van der Waals surface area contributed by atoms with Gasteiger partial charge in [0.15, 0.2) is 6.29 Å². The third-order valence-electron chi connectivity index (χ3n) is 13.9. The summed E-state index contributed by atoms with van der Waals surface area (Å²) in [4.78, 5) is 67.6. The van der Waals surface area contributed by atoms with Crippen LogP contribution in [-0.4, -0.2) is 153 Å². The quantitative estimate of drug-likeness (QED) is 0.0455. The van der Waals surface area contributed by atoms with Crippen LogP contribution in [0.1, 0.15) is 90.6 Å². The van der Waals surface area contributed by atoms with Crippen LogP contribution in [0, 0.1) is 5.92 Å². The Morgan fingerprint density at radius 3 is 2.52 bits per heavy atom. The summed E-state index contributed by atoms with van der Waals surface area (Å²) in [6, 6.07) is 9.93. The number of nitrogens with one attached hydrogen (secondary N) is 3. The highest BCUT2D eigenvalue weighted by Gasteiger charge is 2.35. The smallest absolute Gasteiger partial charge is 0.255 e. The highest BCUT2D eigenvalue weighted by atomic mass is 31.1. The molecule has 7 rings (SSSR count). The number of ether oxygens (including phenoxy) is 2. The van der Waals surface area contributed by atoms with Crippen molar-refractivity contribution in [1.82, 2.24) is 30.0 Å². The van der Waals surface area contributed by atoms with Crippen LogP contribution in [0.15, 0.2) is 48.7 Å². The van der Waals surface area contributed by atoms with Crippen LogP contribution in [0.2, 0.25) is 0 Å². The van der Waals surface area contributed by atoms with Crippen molar-refractivity contribution in [3.05, 3.63) is 70.9 Å². The van der Waals surface area contributed by atoms with Gasteiger partial charge in [-0.25, -0.2) is 4.98 Å². The molecule has 2 saturated heterocycles. The molecular weight excluding hydrogens is 854 g/mol. The number of rotatable bonds is 21. The number of piperidine rings is 1. The summed E-state index contributed by atoms with van der Waals surface area (Å²) in [6.45, 7) is 17.1. The van der Waals surface area contributed by atoms with Crippen LogP contribution in [0.5, 0.6) is 11.5 Å². The number of benzene rings is 2. The Labute approximate surface area is 392 Å². The first-order valence-electron chi connectivity index (χ1n) is 23.9. The van der Waals surface area contributed by atoms with E-state index < -0.39 is 6.04 Å². The first-order valence-corrected chi connectivity index (χ1v) is 26.2. The van der Waals surface area contributed by atoms with Gasteiger partial charge in [0.2, 0.25) is 11.9 Å². The molecule has 3 aliphatic heterocycles. The maximum Gasteiger partial charge on any atom is 0.255 e. The van der Waals surface area contributed by atoms with E-state index in [1.807, 2.05) is 12.1 Å². The molecule has 16 heteroatoms. The Balaban J connectivity index is 0.860. The molecule has 66 heavy (non-hydrogen) atoms. The number of aryl methyl sites for hydroxylation is 1. The zero-order valence-corrected chi connectivity index (χ0v) is 40.7. The maximum atomic E-state index is 13.2. The third kappa shape index (κ3) is 11.7. The van der Waals surface area contributed by atoms with Gasteiger partial charge in [-0.2, -0.15) is 4.98 Å². The summed E-state index contributed by atoms with van der Waals surface area (Å²) in [7, 11) is 3.04. The number of methoxy groups -OCH3 is 1. The molecule has 3 aromatic rings. The lowest BCUT2D eigenvalue weighted by molar-refractivity contribution is -0.121. The second-order valence-corrected chi connectivity index (χ2v) is 20.9. The fourth-order valence-corrected chi connectivity index (χ4v) is 11.4. The van der Waals surface area contributed by atoms with Gasteiger partial charge in [-0.15, -0.1) is 7.92 Å². The lowest BCUT2D eigenvalue weighted by Crippen LogP contribution is -2.53. The Morgan fingerprint density at radius 2 is 1.82 bits per heavy atom. The van der Waals surface area contributed by atoms with Crippen molar-refractivity contribution < 1.29 is 28.7 Å². The zero-order chi connectivity index (χ0) is 46.7. The molecule has 15 nitrogen and oxygen atoms in total. The summed E-state index contributed by atoms with van der Waals surface area (Å²) in [5, 5.41) is 9.62. The van der Waals surface area contributed by atoms with Crippen molar-refractivity contribution in [2.24, 2.45) is 5.92 Å². The van der Waals surface area contributed by atoms with Gasteiger partial charge >= 0.3 is 0 Å². The number of amides is 2. The van der Waals surface area contributed by atoms with E-state index in [4.69, 9.17) is 14.5 Å². The van der Waals surface area contributed by atoms with E-state index in [0.29, 0.717) is 59.4 Å². The van der Waals surface area contributed by atoms with Gasteiger partial charge in [0.05, 0.1) is 37.6 Å². The van der Waals surface area contributed by atoms with Gasteiger partial charge in [0.1, 0.15) is 23.6 Å². The molecule has 4 heterocycles. The second kappa shape index (κ2) is 23.1. The highest BCUT2D eigenvalue weighted by molar-refractivity contribution is 7.57. The number of anilines is 4. The van der Waals surface area contributed by atoms with E-state index in [2.05, 4.69) is 87.1 Å². The van der Waals surface area contributed by atoms with Crippen molar-refractivity contribution in [2.75, 3.05) is 95.4 Å². The molecule has 0 saturated carbocycles. The number of allylic oxidation sites excluding steroid dienone is 1. The predicted molar refractivity (Wildman–Crippen MR) is 263 cm³/mol. The second-order valence-electron chi connectivity index (χ2n) is 18.4. The van der Waals surface area contributed by atoms with Crippen molar-refractivity contribution in [3.63, 3.8) is 0 Å². The SMILES string of the molecule is CCc1cc(Nc2ncc(C=O)c(NC3C[C@@H](C)C=CC3P(C)C)n2)c(OC)cc1N1CCC(N2CCN(CCCCOc3cccc4c3CN(C(C=O)CCC(=O)NC)C4=O)CC2)CC1. The maximum absolute atomic E-state index is 13.2. The summed E-state index contributed by atoms with van der Waals surface area (Å²) < 4.78 is 12.2. The van der Waals surface area contributed by atoms with Gasteiger partial charge in [-0.1, -0.05) is 32.1 Å². The molecule has 2 amide bonds. The number of hydrogen-bond donors (Lipinski definition) is 3. The van der Waals surface area contributed by atoms with E-state index in [1.165, 1.54) is 11.3 Å². The Kier molecular flexibility index (Phi) is 17.1. The van der Waals surface area contributed by atoms with Gasteiger partial charge in [0.25, 0.3) is 5.91 Å². The number of unbranched alkanes of at least 4 members (excludes halogenated alkanes) is 1. The van der Waals surface area contributed by atoms with Crippen molar-refractivity contribution in [2.45, 2.75) is 95.5 Å². The average molecular weight is 924 g/mol. The number of nitrogens with zero attached hydrogens (tertiary/aromatic N) is 6.